The molecule has 0 aromatic carbocycles. The van der Waals surface area contributed by atoms with Gasteiger partial charge in [-0.15, -0.1) is 0 Å². The van der Waals surface area contributed by atoms with Crippen LogP contribution >= 0.6 is 11.3 Å². The van der Waals surface area contributed by atoms with Crippen LogP contribution in [0.1, 0.15) is 18.5 Å². The lowest BCUT2D eigenvalue weighted by molar-refractivity contribution is -0.105. The first-order valence-electron chi connectivity index (χ1n) is 5.97. The van der Waals surface area contributed by atoms with Crippen molar-refractivity contribution in [2.24, 2.45) is 5.73 Å². The third-order valence-electron chi connectivity index (χ3n) is 3.15. The van der Waals surface area contributed by atoms with Gasteiger partial charge in [0.25, 0.3) is 0 Å². The van der Waals surface area contributed by atoms with Crippen LogP contribution < -0.4 is 5.73 Å². The summed E-state index contributed by atoms with van der Waals surface area (Å²) in [5.74, 6) is 0. The molecule has 0 spiro atoms. The highest BCUT2D eigenvalue weighted by molar-refractivity contribution is 7.07. The summed E-state index contributed by atoms with van der Waals surface area (Å²) in [6.07, 6.45) is 0.0556. The van der Waals surface area contributed by atoms with Crippen LogP contribution in [0, 0.1) is 0 Å². The molecule has 1 aliphatic heterocycles. The summed E-state index contributed by atoms with van der Waals surface area (Å²) in [7, 11) is 0. The Balaban J connectivity index is 2.08. The number of aliphatic hydroxyl groups is 1. The fourth-order valence-corrected chi connectivity index (χ4v) is 3.10. The highest BCUT2D eigenvalue weighted by Gasteiger charge is 2.29. The van der Waals surface area contributed by atoms with Crippen LogP contribution in [0.3, 0.4) is 0 Å². The van der Waals surface area contributed by atoms with E-state index >= 15 is 0 Å². The zero-order valence-corrected chi connectivity index (χ0v) is 10.9. The van der Waals surface area contributed by atoms with Gasteiger partial charge in [0.15, 0.2) is 0 Å². The molecule has 3 N–H and O–H groups in total. The molecule has 3 unspecified atom stereocenters. The second kappa shape index (κ2) is 5.93. The van der Waals surface area contributed by atoms with Crippen molar-refractivity contribution in [3.63, 3.8) is 0 Å². The Labute approximate surface area is 106 Å². The summed E-state index contributed by atoms with van der Waals surface area (Å²) < 4.78 is 5.65. The molecule has 2 rings (SSSR count). The summed E-state index contributed by atoms with van der Waals surface area (Å²) in [5.41, 5.74) is 7.15. The third kappa shape index (κ3) is 3.05. The van der Waals surface area contributed by atoms with Crippen molar-refractivity contribution in [1.29, 1.82) is 0 Å². The molecule has 1 fully saturated rings. The summed E-state index contributed by atoms with van der Waals surface area (Å²) in [4.78, 5) is 2.32. The smallest absolute Gasteiger partial charge is 0.0936 e. The van der Waals surface area contributed by atoms with Gasteiger partial charge in [0.1, 0.15) is 0 Å². The van der Waals surface area contributed by atoms with Gasteiger partial charge < -0.3 is 15.6 Å². The topological polar surface area (TPSA) is 58.7 Å². The first kappa shape index (κ1) is 13.0. The number of nitrogens with two attached hydrogens (primary N) is 1. The zero-order valence-electron chi connectivity index (χ0n) is 10.1. The SMILES string of the molecule is CC1CN(C(CN)c2ccsc2)CC(CO)O1. The number of nitrogens with zero attached hydrogens (tertiary/aromatic N) is 1. The highest BCUT2D eigenvalue weighted by Crippen LogP contribution is 2.25. The molecular formula is C12H20N2O2S. The van der Waals surface area contributed by atoms with Gasteiger partial charge in [-0.05, 0) is 29.3 Å². The number of ether oxygens (including phenoxy) is 1. The largest absolute Gasteiger partial charge is 0.394 e. The Bertz CT molecular complexity index is 331. The lowest BCUT2D eigenvalue weighted by Gasteiger charge is -2.40. The molecule has 1 aliphatic rings. The number of hydrogen-bond acceptors (Lipinski definition) is 5. The van der Waals surface area contributed by atoms with Crippen LogP contribution in [-0.4, -0.2) is 48.5 Å². The van der Waals surface area contributed by atoms with Crippen molar-refractivity contribution >= 4 is 11.3 Å². The Hall–Kier alpha value is -0.460. The number of morpholine rings is 1. The third-order valence-corrected chi connectivity index (χ3v) is 3.85. The standard InChI is InChI=1S/C12H20N2O2S/c1-9-5-14(6-11(7-15)16-9)12(4-13)10-2-3-17-8-10/h2-3,8-9,11-12,15H,4-7,13H2,1H3. The molecule has 0 radical (unpaired) electrons. The van der Waals surface area contributed by atoms with E-state index in [0.717, 1.165) is 13.1 Å². The Kier molecular flexibility index (Phi) is 4.53. The molecule has 2 heterocycles. The van der Waals surface area contributed by atoms with Crippen LogP contribution in [-0.2, 0) is 4.74 Å². The number of hydrogen-bond donors (Lipinski definition) is 2. The second-order valence-electron chi connectivity index (χ2n) is 4.51. The molecule has 1 aromatic heterocycles. The highest BCUT2D eigenvalue weighted by atomic mass is 32.1. The minimum atomic E-state index is -0.0913. The van der Waals surface area contributed by atoms with E-state index in [-0.39, 0.29) is 24.9 Å². The van der Waals surface area contributed by atoms with Crippen molar-refractivity contribution in [3.05, 3.63) is 22.4 Å². The molecule has 1 saturated heterocycles. The minimum Gasteiger partial charge on any atom is -0.394 e. The average molecular weight is 256 g/mol. The molecule has 0 aliphatic carbocycles. The van der Waals surface area contributed by atoms with Gasteiger partial charge in [-0.25, -0.2) is 0 Å². The maximum absolute atomic E-state index is 9.23. The van der Waals surface area contributed by atoms with Crippen molar-refractivity contribution in [1.82, 2.24) is 4.90 Å². The van der Waals surface area contributed by atoms with Gasteiger partial charge in [-0.3, -0.25) is 4.90 Å². The summed E-state index contributed by atoms with van der Waals surface area (Å²) >= 11 is 1.69. The minimum absolute atomic E-state index is 0.0712. The maximum atomic E-state index is 9.23. The number of thiophene rings is 1. The first-order valence-corrected chi connectivity index (χ1v) is 6.91. The summed E-state index contributed by atoms with van der Waals surface area (Å²) in [6, 6.07) is 2.36. The van der Waals surface area contributed by atoms with Gasteiger partial charge >= 0.3 is 0 Å². The number of rotatable bonds is 4. The van der Waals surface area contributed by atoms with Gasteiger partial charge in [0, 0.05) is 25.7 Å². The van der Waals surface area contributed by atoms with Gasteiger partial charge in [0.05, 0.1) is 18.8 Å². The van der Waals surface area contributed by atoms with E-state index < -0.39 is 0 Å². The van der Waals surface area contributed by atoms with Gasteiger partial charge in [0.2, 0.25) is 0 Å². The molecule has 4 nitrogen and oxygen atoms in total. The molecule has 0 bridgehead atoms. The van der Waals surface area contributed by atoms with Gasteiger partial charge in [-0.2, -0.15) is 11.3 Å². The van der Waals surface area contributed by atoms with E-state index in [1.54, 1.807) is 11.3 Å². The van der Waals surface area contributed by atoms with E-state index in [2.05, 4.69) is 21.7 Å². The monoisotopic (exact) mass is 256 g/mol. The lowest BCUT2D eigenvalue weighted by atomic mass is 10.1. The van der Waals surface area contributed by atoms with Crippen molar-refractivity contribution in [2.75, 3.05) is 26.2 Å². The molecule has 1 aromatic rings. The molecular weight excluding hydrogens is 236 g/mol. The summed E-state index contributed by atoms with van der Waals surface area (Å²) in [5, 5.41) is 13.5. The van der Waals surface area contributed by atoms with Crippen molar-refractivity contribution in [2.45, 2.75) is 25.2 Å². The van der Waals surface area contributed by atoms with Crippen LogP contribution in [0.4, 0.5) is 0 Å². The Morgan fingerprint density at radius 1 is 1.65 bits per heavy atom. The fraction of sp³-hybridized carbons (Fsp3) is 0.667. The molecule has 17 heavy (non-hydrogen) atoms. The van der Waals surface area contributed by atoms with E-state index in [0.29, 0.717) is 6.54 Å². The quantitative estimate of drug-likeness (QED) is 0.838. The molecule has 0 amide bonds. The Morgan fingerprint density at radius 3 is 3.06 bits per heavy atom. The van der Waals surface area contributed by atoms with Crippen LogP contribution in [0.2, 0.25) is 0 Å². The van der Waals surface area contributed by atoms with E-state index in [4.69, 9.17) is 10.5 Å². The second-order valence-corrected chi connectivity index (χ2v) is 5.29. The maximum Gasteiger partial charge on any atom is 0.0936 e. The average Bonchev–Trinajstić information content (AvgIpc) is 2.83. The predicted molar refractivity (Wildman–Crippen MR) is 69.1 cm³/mol. The van der Waals surface area contributed by atoms with E-state index in [1.165, 1.54) is 5.56 Å². The van der Waals surface area contributed by atoms with Crippen molar-refractivity contribution < 1.29 is 9.84 Å². The fourth-order valence-electron chi connectivity index (χ4n) is 2.40. The Morgan fingerprint density at radius 2 is 2.47 bits per heavy atom. The predicted octanol–water partition coefficient (Wildman–Crippen LogP) is 0.829. The van der Waals surface area contributed by atoms with E-state index in [1.807, 2.05) is 6.92 Å². The van der Waals surface area contributed by atoms with Gasteiger partial charge in [-0.1, -0.05) is 0 Å². The lowest BCUT2D eigenvalue weighted by Crippen LogP contribution is -2.50. The molecule has 96 valence electrons. The number of aliphatic hydroxyl groups excluding tert-OH is 1. The molecule has 0 saturated carbocycles. The van der Waals surface area contributed by atoms with Crippen molar-refractivity contribution in [3.8, 4) is 0 Å². The van der Waals surface area contributed by atoms with E-state index in [9.17, 15) is 5.11 Å². The zero-order chi connectivity index (χ0) is 12.3. The first-order chi connectivity index (χ1) is 8.24. The molecule has 3 atom stereocenters. The normalized spacial score (nSPS) is 28.2. The van der Waals surface area contributed by atoms with Crippen LogP contribution in [0.25, 0.3) is 0 Å². The van der Waals surface area contributed by atoms with Crippen LogP contribution in [0.5, 0.6) is 0 Å². The molecule has 5 heteroatoms. The summed E-state index contributed by atoms with van der Waals surface area (Å²) in [6.45, 7) is 4.33. The van der Waals surface area contributed by atoms with Crippen LogP contribution in [0.15, 0.2) is 16.8 Å².